The van der Waals surface area contributed by atoms with Crippen molar-refractivity contribution in [2.24, 2.45) is 0 Å². The molecule has 0 radical (unpaired) electrons. The van der Waals surface area contributed by atoms with Crippen LogP contribution in [0.3, 0.4) is 0 Å². The lowest BCUT2D eigenvalue weighted by Gasteiger charge is -2.19. The van der Waals surface area contributed by atoms with Crippen LogP contribution in [-0.2, 0) is 6.54 Å². The Morgan fingerprint density at radius 3 is 2.79 bits per heavy atom. The minimum absolute atomic E-state index is 0.493. The number of nitrogens with zero attached hydrogens (tertiary/aromatic N) is 6. The van der Waals surface area contributed by atoms with E-state index >= 15 is 0 Å². The van der Waals surface area contributed by atoms with E-state index in [9.17, 15) is 5.26 Å². The Labute approximate surface area is 192 Å². The first-order chi connectivity index (χ1) is 16.2. The number of anilines is 3. The Balaban J connectivity index is 1.40. The van der Waals surface area contributed by atoms with Crippen molar-refractivity contribution in [1.82, 2.24) is 19.5 Å². The maximum Gasteiger partial charge on any atom is 0.223 e. The lowest BCUT2D eigenvalue weighted by molar-refractivity contribution is 0.744. The molecular weight excluding hydrogens is 412 g/mol. The molecule has 2 aromatic heterocycles. The van der Waals surface area contributed by atoms with E-state index in [-0.39, 0.29) is 0 Å². The third-order valence-corrected chi connectivity index (χ3v) is 5.75. The third-order valence-electron chi connectivity index (χ3n) is 5.75. The molecule has 0 saturated heterocycles. The average molecular weight is 437 g/mol. The molecule has 8 nitrogen and oxygen atoms in total. The average Bonchev–Trinajstić information content (AvgIpc) is 3.42. The molecule has 0 saturated carbocycles. The fourth-order valence-corrected chi connectivity index (χ4v) is 4.13. The van der Waals surface area contributed by atoms with Crippen molar-refractivity contribution in [2.45, 2.75) is 20.4 Å². The first-order valence-electron chi connectivity index (χ1n) is 10.9. The molecule has 1 aliphatic rings. The lowest BCUT2D eigenvalue weighted by atomic mass is 10.1. The van der Waals surface area contributed by atoms with Crippen LogP contribution < -0.4 is 15.5 Å². The molecule has 0 bridgehead atoms. The van der Waals surface area contributed by atoms with Crippen LogP contribution in [0.2, 0.25) is 0 Å². The largest absolute Gasteiger partial charge is 0.352 e. The number of nitrogens with one attached hydrogen (secondary N) is 2. The van der Waals surface area contributed by atoms with E-state index in [2.05, 4.69) is 49.1 Å². The van der Waals surface area contributed by atoms with Crippen LogP contribution in [0, 0.1) is 18.3 Å². The van der Waals surface area contributed by atoms with Gasteiger partial charge in [-0.25, -0.2) is 15.0 Å². The molecule has 164 valence electrons. The number of hydrogen-bond donors (Lipinski definition) is 2. The SMILES string of the molecule is CCN1/C(=C(\C#N)c2nc(NCCn3cnc4ccccc43)ncc2C)Nc2ccccc21. The van der Waals surface area contributed by atoms with Gasteiger partial charge in [-0.2, -0.15) is 5.26 Å². The number of aromatic nitrogens is 4. The number of imidazole rings is 1. The van der Waals surface area contributed by atoms with Crippen molar-refractivity contribution >= 4 is 33.9 Å². The van der Waals surface area contributed by atoms with Crippen LogP contribution in [0.1, 0.15) is 18.2 Å². The zero-order valence-electron chi connectivity index (χ0n) is 18.6. The Morgan fingerprint density at radius 1 is 1.12 bits per heavy atom. The number of para-hydroxylation sites is 4. The summed E-state index contributed by atoms with van der Waals surface area (Å²) in [5, 5.41) is 16.8. The predicted octanol–water partition coefficient (Wildman–Crippen LogP) is 4.39. The van der Waals surface area contributed by atoms with E-state index in [1.54, 1.807) is 6.20 Å². The monoisotopic (exact) mass is 436 g/mol. The van der Waals surface area contributed by atoms with Crippen molar-refractivity contribution < 1.29 is 0 Å². The molecule has 4 aromatic rings. The molecule has 0 fully saturated rings. The first-order valence-corrected chi connectivity index (χ1v) is 10.9. The number of fused-ring (bicyclic) bond motifs is 2. The highest BCUT2D eigenvalue weighted by Crippen LogP contribution is 2.38. The summed E-state index contributed by atoms with van der Waals surface area (Å²) in [7, 11) is 0. The molecule has 0 unspecified atom stereocenters. The van der Waals surface area contributed by atoms with Gasteiger partial charge in [-0.1, -0.05) is 24.3 Å². The molecule has 0 spiro atoms. The van der Waals surface area contributed by atoms with Crippen molar-refractivity contribution in [3.05, 3.63) is 78.1 Å². The van der Waals surface area contributed by atoms with E-state index in [0.717, 1.165) is 46.9 Å². The number of benzene rings is 2. The Morgan fingerprint density at radius 2 is 1.94 bits per heavy atom. The van der Waals surface area contributed by atoms with Crippen LogP contribution in [0.5, 0.6) is 0 Å². The number of nitriles is 1. The molecule has 2 N–H and O–H groups in total. The maximum absolute atomic E-state index is 10.1. The maximum atomic E-state index is 10.1. The molecule has 8 heteroatoms. The number of aryl methyl sites for hydroxylation is 1. The minimum atomic E-state index is 0.493. The van der Waals surface area contributed by atoms with Crippen molar-refractivity contribution in [1.29, 1.82) is 5.26 Å². The molecule has 1 aliphatic heterocycles. The quantitative estimate of drug-likeness (QED) is 0.433. The van der Waals surface area contributed by atoms with Crippen LogP contribution in [0.25, 0.3) is 16.6 Å². The number of hydrogen-bond acceptors (Lipinski definition) is 7. The van der Waals surface area contributed by atoms with E-state index < -0.39 is 0 Å². The Bertz CT molecular complexity index is 1400. The highest BCUT2D eigenvalue weighted by Gasteiger charge is 2.27. The van der Waals surface area contributed by atoms with E-state index in [4.69, 9.17) is 4.98 Å². The zero-order valence-corrected chi connectivity index (χ0v) is 18.6. The summed E-state index contributed by atoms with van der Waals surface area (Å²) < 4.78 is 2.10. The Hall–Kier alpha value is -4.38. The summed E-state index contributed by atoms with van der Waals surface area (Å²) >= 11 is 0. The number of rotatable bonds is 6. The fourth-order valence-electron chi connectivity index (χ4n) is 4.13. The topological polar surface area (TPSA) is 94.7 Å². The van der Waals surface area contributed by atoms with Crippen molar-refractivity contribution in [2.75, 3.05) is 28.6 Å². The summed E-state index contributed by atoms with van der Waals surface area (Å²) in [4.78, 5) is 15.7. The van der Waals surface area contributed by atoms with Gasteiger partial charge >= 0.3 is 0 Å². The van der Waals surface area contributed by atoms with Gasteiger partial charge in [0.15, 0.2) is 0 Å². The van der Waals surface area contributed by atoms with Crippen LogP contribution in [0.15, 0.2) is 66.9 Å². The van der Waals surface area contributed by atoms with E-state index in [0.29, 0.717) is 23.8 Å². The number of allylic oxidation sites excluding steroid dienone is 1. The molecule has 5 rings (SSSR count). The van der Waals surface area contributed by atoms with Gasteiger partial charge in [0.2, 0.25) is 5.95 Å². The second-order valence-electron chi connectivity index (χ2n) is 7.80. The second-order valence-corrected chi connectivity index (χ2v) is 7.80. The molecule has 2 aromatic carbocycles. The van der Waals surface area contributed by atoms with Crippen LogP contribution in [0.4, 0.5) is 17.3 Å². The van der Waals surface area contributed by atoms with Gasteiger partial charge in [0.25, 0.3) is 0 Å². The van der Waals surface area contributed by atoms with Gasteiger partial charge in [0.05, 0.1) is 34.4 Å². The Kier molecular flexibility index (Phi) is 5.37. The van der Waals surface area contributed by atoms with Gasteiger partial charge in [-0.15, -0.1) is 0 Å². The summed E-state index contributed by atoms with van der Waals surface area (Å²) in [6.07, 6.45) is 3.60. The predicted molar refractivity (Wildman–Crippen MR) is 131 cm³/mol. The molecule has 0 amide bonds. The molecule has 0 atom stereocenters. The first kappa shape index (κ1) is 20.5. The van der Waals surface area contributed by atoms with Gasteiger partial charge < -0.3 is 20.1 Å². The third kappa shape index (κ3) is 3.74. The summed E-state index contributed by atoms with van der Waals surface area (Å²) in [6.45, 7) is 6.08. The van der Waals surface area contributed by atoms with E-state index in [1.807, 2.05) is 55.7 Å². The van der Waals surface area contributed by atoms with Crippen molar-refractivity contribution in [3.8, 4) is 6.07 Å². The van der Waals surface area contributed by atoms with Gasteiger partial charge in [0, 0.05) is 25.8 Å². The zero-order chi connectivity index (χ0) is 22.8. The molecular formula is C25H24N8. The van der Waals surface area contributed by atoms with Gasteiger partial charge in [-0.05, 0) is 43.7 Å². The van der Waals surface area contributed by atoms with Gasteiger partial charge in [0.1, 0.15) is 17.5 Å². The van der Waals surface area contributed by atoms with Gasteiger partial charge in [-0.3, -0.25) is 0 Å². The normalized spacial score (nSPS) is 14.0. The molecule has 33 heavy (non-hydrogen) atoms. The summed E-state index contributed by atoms with van der Waals surface area (Å²) in [5.74, 6) is 1.24. The van der Waals surface area contributed by atoms with Crippen LogP contribution in [-0.4, -0.2) is 32.6 Å². The second kappa shape index (κ2) is 8.63. The minimum Gasteiger partial charge on any atom is -0.352 e. The lowest BCUT2D eigenvalue weighted by Crippen LogP contribution is -2.22. The molecule has 0 aliphatic carbocycles. The highest BCUT2D eigenvalue weighted by atomic mass is 15.3. The fraction of sp³-hybridized carbons (Fsp3) is 0.200. The van der Waals surface area contributed by atoms with Crippen LogP contribution >= 0.6 is 0 Å². The molecule has 3 heterocycles. The summed E-state index contributed by atoms with van der Waals surface area (Å²) in [5.41, 5.74) is 6.07. The standard InChI is InChI=1S/C25H24N8/c1-3-33-22-11-7-5-9-20(22)30-24(33)18(14-26)23-17(2)15-28-25(31-23)27-12-13-32-16-29-19-8-4-6-10-21(19)32/h4-11,15-16,30H,3,12-13H2,1-2H3,(H,27,28,31)/b24-18+. The van der Waals surface area contributed by atoms with Crippen molar-refractivity contribution in [3.63, 3.8) is 0 Å². The van der Waals surface area contributed by atoms with E-state index in [1.165, 1.54) is 0 Å². The highest BCUT2D eigenvalue weighted by molar-refractivity contribution is 5.91. The smallest absolute Gasteiger partial charge is 0.223 e. The summed E-state index contributed by atoms with van der Waals surface area (Å²) in [6, 6.07) is 18.5.